The molecular weight excluding hydrogens is 312 g/mol. The number of methoxy groups -OCH3 is 2. The molecule has 9 nitrogen and oxygen atoms in total. The molecule has 1 saturated heterocycles. The van der Waals surface area contributed by atoms with Crippen LogP contribution in [-0.4, -0.2) is 69.4 Å². The summed E-state index contributed by atoms with van der Waals surface area (Å²) in [6.45, 7) is 3.65. The molecule has 0 aliphatic carbocycles. The zero-order chi connectivity index (χ0) is 17.6. The van der Waals surface area contributed by atoms with E-state index in [1.54, 1.807) is 0 Å². The number of carbonyl (C=O) groups is 3. The molecule has 0 unspecified atom stereocenters. The van der Waals surface area contributed by atoms with E-state index < -0.39 is 48.6 Å². The lowest BCUT2D eigenvalue weighted by Crippen LogP contribution is -2.62. The first-order valence-electron chi connectivity index (χ1n) is 6.99. The maximum atomic E-state index is 11.4. The predicted octanol–water partition coefficient (Wildman–Crippen LogP) is -0.201. The van der Waals surface area contributed by atoms with Gasteiger partial charge in [0.1, 0.15) is 6.10 Å². The molecule has 1 heterocycles. The van der Waals surface area contributed by atoms with Gasteiger partial charge in [-0.3, -0.25) is 14.4 Å². The van der Waals surface area contributed by atoms with Gasteiger partial charge in [0.15, 0.2) is 24.6 Å². The smallest absolute Gasteiger partial charge is 0.303 e. The lowest BCUT2D eigenvalue weighted by Gasteiger charge is -2.43. The summed E-state index contributed by atoms with van der Waals surface area (Å²) in [5, 5.41) is 0. The van der Waals surface area contributed by atoms with Gasteiger partial charge >= 0.3 is 17.9 Å². The van der Waals surface area contributed by atoms with Crippen molar-refractivity contribution in [2.45, 2.75) is 51.5 Å². The molecule has 23 heavy (non-hydrogen) atoms. The van der Waals surface area contributed by atoms with Crippen molar-refractivity contribution >= 4 is 17.9 Å². The van der Waals surface area contributed by atoms with Gasteiger partial charge in [-0.25, -0.2) is 0 Å². The zero-order valence-corrected chi connectivity index (χ0v) is 13.8. The molecule has 1 aliphatic rings. The van der Waals surface area contributed by atoms with Crippen molar-refractivity contribution < 1.29 is 42.8 Å². The van der Waals surface area contributed by atoms with Crippen molar-refractivity contribution in [1.82, 2.24) is 0 Å². The van der Waals surface area contributed by atoms with Crippen molar-refractivity contribution in [3.63, 3.8) is 0 Å². The quantitative estimate of drug-likeness (QED) is 0.482. The fourth-order valence-corrected chi connectivity index (χ4v) is 2.34. The third-order valence-corrected chi connectivity index (χ3v) is 3.06. The summed E-state index contributed by atoms with van der Waals surface area (Å²) < 4.78 is 31.4. The van der Waals surface area contributed by atoms with Crippen LogP contribution in [-0.2, 0) is 42.8 Å². The van der Waals surface area contributed by atoms with Gasteiger partial charge in [-0.05, 0) is 0 Å². The van der Waals surface area contributed by atoms with E-state index in [1.807, 2.05) is 0 Å². The molecule has 0 radical (unpaired) electrons. The summed E-state index contributed by atoms with van der Waals surface area (Å²) in [5.74, 6) is -1.85. The molecule has 1 fully saturated rings. The maximum absolute atomic E-state index is 11.4. The number of carbonyl (C=O) groups excluding carboxylic acids is 3. The Kier molecular flexibility index (Phi) is 7.40. The van der Waals surface area contributed by atoms with Crippen LogP contribution in [0.2, 0.25) is 0 Å². The highest BCUT2D eigenvalue weighted by molar-refractivity contribution is 5.68. The molecule has 1 rings (SSSR count). The zero-order valence-electron chi connectivity index (χ0n) is 13.8. The van der Waals surface area contributed by atoms with Crippen molar-refractivity contribution in [1.29, 1.82) is 0 Å². The number of hydrogen-bond donors (Lipinski definition) is 0. The Bertz CT molecular complexity index is 436. The summed E-state index contributed by atoms with van der Waals surface area (Å²) in [7, 11) is 2.79. The van der Waals surface area contributed by atoms with Gasteiger partial charge in [-0.2, -0.15) is 0 Å². The van der Waals surface area contributed by atoms with Gasteiger partial charge in [0.25, 0.3) is 0 Å². The first-order valence-corrected chi connectivity index (χ1v) is 6.99. The van der Waals surface area contributed by atoms with Crippen LogP contribution >= 0.6 is 0 Å². The van der Waals surface area contributed by atoms with Crippen molar-refractivity contribution in [2.75, 3.05) is 20.8 Å². The van der Waals surface area contributed by atoms with E-state index in [-0.39, 0.29) is 6.61 Å². The molecule has 9 heteroatoms. The standard InChI is InChI=1S/C14H22O9/c1-7(15)20-11-10(6-18-4)23-14(19-5)13(22-9(3)17)12(11)21-8(2)16/h10-14H,6H2,1-5H3/t10-,11-,12+,13-,14+/m1/s1. The van der Waals surface area contributed by atoms with Gasteiger partial charge in [-0.1, -0.05) is 0 Å². The maximum Gasteiger partial charge on any atom is 0.303 e. The highest BCUT2D eigenvalue weighted by Crippen LogP contribution is 2.29. The highest BCUT2D eigenvalue weighted by Gasteiger charge is 2.52. The molecule has 5 atom stereocenters. The number of rotatable bonds is 6. The first kappa shape index (κ1) is 19.3. The van der Waals surface area contributed by atoms with Crippen LogP contribution in [0.15, 0.2) is 0 Å². The summed E-state index contributed by atoms with van der Waals surface area (Å²) in [5.41, 5.74) is 0. The van der Waals surface area contributed by atoms with Crippen molar-refractivity contribution in [2.24, 2.45) is 0 Å². The fourth-order valence-electron chi connectivity index (χ4n) is 2.34. The Morgan fingerprint density at radius 1 is 0.826 bits per heavy atom. The molecule has 0 spiro atoms. The van der Waals surface area contributed by atoms with Crippen LogP contribution in [0.25, 0.3) is 0 Å². The van der Waals surface area contributed by atoms with Crippen LogP contribution in [0.1, 0.15) is 20.8 Å². The monoisotopic (exact) mass is 334 g/mol. The molecule has 0 N–H and O–H groups in total. The number of esters is 3. The second-order valence-electron chi connectivity index (χ2n) is 4.96. The molecule has 0 aromatic heterocycles. The lowest BCUT2D eigenvalue weighted by molar-refractivity contribution is -0.302. The van der Waals surface area contributed by atoms with Gasteiger partial charge in [0.2, 0.25) is 0 Å². The molecule has 132 valence electrons. The summed E-state index contributed by atoms with van der Waals surface area (Å²) in [6, 6.07) is 0. The van der Waals surface area contributed by atoms with E-state index in [4.69, 9.17) is 28.4 Å². The van der Waals surface area contributed by atoms with Crippen LogP contribution in [0.3, 0.4) is 0 Å². The van der Waals surface area contributed by atoms with E-state index in [0.717, 1.165) is 0 Å². The first-order chi connectivity index (χ1) is 10.8. The Labute approximate surface area is 134 Å². The van der Waals surface area contributed by atoms with E-state index in [0.29, 0.717) is 0 Å². The molecule has 0 aromatic rings. The Morgan fingerprint density at radius 3 is 1.74 bits per heavy atom. The topological polar surface area (TPSA) is 107 Å². The van der Waals surface area contributed by atoms with Crippen LogP contribution in [0.5, 0.6) is 0 Å². The second-order valence-corrected chi connectivity index (χ2v) is 4.96. The summed E-state index contributed by atoms with van der Waals surface area (Å²) in [4.78, 5) is 34.1. The minimum Gasteiger partial charge on any atom is -0.456 e. The number of ether oxygens (including phenoxy) is 6. The number of hydrogen-bond acceptors (Lipinski definition) is 9. The van der Waals surface area contributed by atoms with E-state index >= 15 is 0 Å². The molecule has 0 bridgehead atoms. The summed E-state index contributed by atoms with van der Waals surface area (Å²) >= 11 is 0. The van der Waals surface area contributed by atoms with Gasteiger partial charge < -0.3 is 28.4 Å². The molecule has 1 aliphatic heterocycles. The summed E-state index contributed by atoms with van der Waals surface area (Å²) in [6.07, 6.45) is -4.94. The second kappa shape index (κ2) is 8.80. The largest absolute Gasteiger partial charge is 0.456 e. The normalized spacial score (nSPS) is 30.4. The third kappa shape index (κ3) is 5.45. The minimum absolute atomic E-state index is 0.0579. The van der Waals surface area contributed by atoms with E-state index in [9.17, 15) is 14.4 Å². The molecule has 0 aromatic carbocycles. The third-order valence-electron chi connectivity index (χ3n) is 3.06. The minimum atomic E-state index is -1.08. The Morgan fingerprint density at radius 2 is 1.30 bits per heavy atom. The van der Waals surface area contributed by atoms with Crippen molar-refractivity contribution in [3.05, 3.63) is 0 Å². The Hall–Kier alpha value is -1.71. The van der Waals surface area contributed by atoms with Crippen molar-refractivity contribution in [3.8, 4) is 0 Å². The molecule has 0 amide bonds. The van der Waals surface area contributed by atoms with Gasteiger partial charge in [0, 0.05) is 35.0 Å². The SMILES string of the molecule is COC[C@H]1O[C@H](OC)[C@H](OC(C)=O)[C@@H](OC(C)=O)[C@@H]1OC(C)=O. The van der Waals surface area contributed by atoms with E-state index in [1.165, 1.54) is 35.0 Å². The average Bonchev–Trinajstić information content (AvgIpc) is 2.43. The fraction of sp³-hybridized carbons (Fsp3) is 0.786. The predicted molar refractivity (Wildman–Crippen MR) is 74.2 cm³/mol. The average molecular weight is 334 g/mol. The Balaban J connectivity index is 3.16. The van der Waals surface area contributed by atoms with E-state index in [2.05, 4.69) is 0 Å². The van der Waals surface area contributed by atoms with Crippen LogP contribution < -0.4 is 0 Å². The van der Waals surface area contributed by atoms with Gasteiger partial charge in [0.05, 0.1) is 6.61 Å². The highest BCUT2D eigenvalue weighted by atomic mass is 16.7. The lowest BCUT2D eigenvalue weighted by atomic mass is 9.98. The van der Waals surface area contributed by atoms with Crippen LogP contribution in [0, 0.1) is 0 Å². The van der Waals surface area contributed by atoms with Gasteiger partial charge in [-0.15, -0.1) is 0 Å². The molecule has 0 saturated carbocycles. The molecular formula is C14H22O9. The van der Waals surface area contributed by atoms with Crippen LogP contribution in [0.4, 0.5) is 0 Å².